The molecule has 0 atom stereocenters. The Kier molecular flexibility index (Phi) is 9.77. The Hall–Kier alpha value is -1.94. The van der Waals surface area contributed by atoms with Gasteiger partial charge in [-0.1, -0.05) is 18.2 Å². The molecule has 0 radical (unpaired) electrons. The van der Waals surface area contributed by atoms with E-state index in [-0.39, 0.29) is 24.0 Å². The lowest BCUT2D eigenvalue weighted by Gasteiger charge is -2.15. The van der Waals surface area contributed by atoms with E-state index in [1.807, 2.05) is 24.6 Å². The molecule has 30 heavy (non-hydrogen) atoms. The molecule has 0 aliphatic carbocycles. The van der Waals surface area contributed by atoms with E-state index < -0.39 is 0 Å². The molecule has 0 bridgehead atoms. The Bertz CT molecular complexity index is 962. The molecule has 3 aromatic rings. The SMILES string of the molecule is CN=C(NCCCCc1nc(C)cs1)NCc1ccccc1-n1nc(C)cc1C.I. The molecule has 2 aromatic heterocycles. The number of hydrogen-bond acceptors (Lipinski definition) is 4. The number of rotatable bonds is 8. The number of hydrogen-bond donors (Lipinski definition) is 2. The van der Waals surface area contributed by atoms with Crippen molar-refractivity contribution in [3.05, 3.63) is 63.4 Å². The van der Waals surface area contributed by atoms with E-state index in [1.54, 1.807) is 18.4 Å². The average molecular weight is 539 g/mol. The molecule has 0 aliphatic rings. The van der Waals surface area contributed by atoms with Crippen molar-refractivity contribution >= 4 is 41.3 Å². The first kappa shape index (κ1) is 24.3. The first-order valence-corrected chi connectivity index (χ1v) is 10.9. The zero-order valence-electron chi connectivity index (χ0n) is 18.1. The molecule has 0 spiro atoms. The van der Waals surface area contributed by atoms with Crippen LogP contribution in [-0.2, 0) is 13.0 Å². The minimum absolute atomic E-state index is 0. The number of nitrogens with one attached hydrogen (secondary N) is 2. The molecule has 0 unspecified atom stereocenters. The van der Waals surface area contributed by atoms with Crippen molar-refractivity contribution in [1.82, 2.24) is 25.4 Å². The summed E-state index contributed by atoms with van der Waals surface area (Å²) in [6, 6.07) is 10.4. The summed E-state index contributed by atoms with van der Waals surface area (Å²) >= 11 is 1.75. The molecule has 6 nitrogen and oxygen atoms in total. The van der Waals surface area contributed by atoms with Crippen LogP contribution in [0.1, 0.15) is 40.5 Å². The number of aryl methyl sites for hydroxylation is 4. The second-order valence-electron chi connectivity index (χ2n) is 7.16. The maximum absolute atomic E-state index is 4.62. The van der Waals surface area contributed by atoms with E-state index in [0.29, 0.717) is 6.54 Å². The van der Waals surface area contributed by atoms with Crippen molar-refractivity contribution in [2.75, 3.05) is 13.6 Å². The second kappa shape index (κ2) is 12.0. The van der Waals surface area contributed by atoms with Crippen LogP contribution in [-0.4, -0.2) is 34.3 Å². The van der Waals surface area contributed by atoms with Gasteiger partial charge in [-0.2, -0.15) is 5.10 Å². The predicted molar refractivity (Wildman–Crippen MR) is 136 cm³/mol. The van der Waals surface area contributed by atoms with E-state index in [1.165, 1.54) is 10.6 Å². The summed E-state index contributed by atoms with van der Waals surface area (Å²) in [5.41, 5.74) is 5.55. The van der Waals surface area contributed by atoms with Gasteiger partial charge in [0.05, 0.1) is 16.4 Å². The third-order valence-electron chi connectivity index (χ3n) is 4.68. The number of aromatic nitrogens is 3. The largest absolute Gasteiger partial charge is 0.356 e. The van der Waals surface area contributed by atoms with Crippen molar-refractivity contribution in [2.45, 2.75) is 46.6 Å². The summed E-state index contributed by atoms with van der Waals surface area (Å²) in [6.45, 7) is 7.73. The summed E-state index contributed by atoms with van der Waals surface area (Å²) in [7, 11) is 1.81. The minimum atomic E-state index is 0. The Morgan fingerprint density at radius 1 is 1.10 bits per heavy atom. The van der Waals surface area contributed by atoms with Gasteiger partial charge in [0.25, 0.3) is 0 Å². The summed E-state index contributed by atoms with van der Waals surface area (Å²) in [5.74, 6) is 0.818. The topological polar surface area (TPSA) is 67.1 Å². The molecule has 8 heteroatoms. The van der Waals surface area contributed by atoms with Gasteiger partial charge >= 0.3 is 0 Å². The number of unbranched alkanes of at least 4 members (excludes halogenated alkanes) is 1. The van der Waals surface area contributed by atoms with Crippen LogP contribution in [0.4, 0.5) is 0 Å². The highest BCUT2D eigenvalue weighted by molar-refractivity contribution is 14.0. The van der Waals surface area contributed by atoms with Crippen LogP contribution in [0.25, 0.3) is 5.69 Å². The zero-order chi connectivity index (χ0) is 20.6. The first-order valence-electron chi connectivity index (χ1n) is 10.0. The minimum Gasteiger partial charge on any atom is -0.356 e. The number of nitrogens with zero attached hydrogens (tertiary/aromatic N) is 4. The van der Waals surface area contributed by atoms with Crippen LogP contribution in [0.3, 0.4) is 0 Å². The molecule has 2 heterocycles. The smallest absolute Gasteiger partial charge is 0.191 e. The molecule has 0 aliphatic heterocycles. The number of para-hydroxylation sites is 1. The lowest BCUT2D eigenvalue weighted by atomic mass is 10.1. The monoisotopic (exact) mass is 538 g/mol. The van der Waals surface area contributed by atoms with Crippen LogP contribution < -0.4 is 10.6 Å². The van der Waals surface area contributed by atoms with Gasteiger partial charge in [0.2, 0.25) is 0 Å². The van der Waals surface area contributed by atoms with Crippen molar-refractivity contribution in [3.63, 3.8) is 0 Å². The first-order chi connectivity index (χ1) is 14.1. The van der Waals surface area contributed by atoms with Gasteiger partial charge in [-0.15, -0.1) is 35.3 Å². The van der Waals surface area contributed by atoms with Crippen molar-refractivity contribution < 1.29 is 0 Å². The van der Waals surface area contributed by atoms with E-state index in [9.17, 15) is 0 Å². The van der Waals surface area contributed by atoms with Gasteiger partial charge in [-0.25, -0.2) is 9.67 Å². The molecule has 0 saturated heterocycles. The Morgan fingerprint density at radius 3 is 2.57 bits per heavy atom. The molecule has 0 fully saturated rings. The number of thiazole rings is 1. The second-order valence-corrected chi connectivity index (χ2v) is 8.10. The molecular weight excluding hydrogens is 507 g/mol. The Morgan fingerprint density at radius 2 is 1.90 bits per heavy atom. The van der Waals surface area contributed by atoms with Crippen LogP contribution in [0.15, 0.2) is 40.7 Å². The maximum atomic E-state index is 4.62. The number of aliphatic imine (C=N–C) groups is 1. The molecule has 162 valence electrons. The number of halogens is 1. The van der Waals surface area contributed by atoms with Crippen molar-refractivity contribution in [1.29, 1.82) is 0 Å². The van der Waals surface area contributed by atoms with Gasteiger partial charge < -0.3 is 10.6 Å². The van der Waals surface area contributed by atoms with Crippen LogP contribution in [0, 0.1) is 20.8 Å². The Balaban J connectivity index is 0.00000320. The Labute approximate surface area is 200 Å². The average Bonchev–Trinajstić information content (AvgIpc) is 3.28. The fourth-order valence-corrected chi connectivity index (χ4v) is 4.08. The highest BCUT2D eigenvalue weighted by Crippen LogP contribution is 2.17. The standard InChI is InChI=1S/C22H30N6S.HI/c1-16-13-18(3)28(27-16)20-10-6-5-9-19(20)14-25-22(23-4)24-12-8-7-11-21-26-17(2)15-29-21;/h5-6,9-10,13,15H,7-8,11-12,14H2,1-4H3,(H2,23,24,25);1H. The number of guanidine groups is 1. The van der Waals surface area contributed by atoms with Gasteiger partial charge in [0.1, 0.15) is 0 Å². The molecule has 0 saturated carbocycles. The number of benzene rings is 1. The lowest BCUT2D eigenvalue weighted by molar-refractivity contribution is 0.691. The van der Waals surface area contributed by atoms with Crippen LogP contribution >= 0.6 is 35.3 Å². The molecule has 3 rings (SSSR count). The fourth-order valence-electron chi connectivity index (χ4n) is 3.26. The molecule has 2 N–H and O–H groups in total. The van der Waals surface area contributed by atoms with Crippen LogP contribution in [0.2, 0.25) is 0 Å². The van der Waals surface area contributed by atoms with Crippen LogP contribution in [0.5, 0.6) is 0 Å². The van der Waals surface area contributed by atoms with Crippen molar-refractivity contribution in [2.24, 2.45) is 4.99 Å². The van der Waals surface area contributed by atoms with E-state index >= 15 is 0 Å². The fraction of sp³-hybridized carbons (Fsp3) is 0.409. The van der Waals surface area contributed by atoms with E-state index in [0.717, 1.165) is 54.5 Å². The highest BCUT2D eigenvalue weighted by atomic mass is 127. The predicted octanol–water partition coefficient (Wildman–Crippen LogP) is 4.56. The summed E-state index contributed by atoms with van der Waals surface area (Å²) in [5, 5.41) is 14.8. The zero-order valence-corrected chi connectivity index (χ0v) is 21.3. The molecular formula is C22H31IN6S. The van der Waals surface area contributed by atoms with Gasteiger partial charge in [-0.05, 0) is 57.7 Å². The molecule has 1 aromatic carbocycles. The normalized spacial score (nSPS) is 11.3. The van der Waals surface area contributed by atoms with Gasteiger partial charge in [0.15, 0.2) is 5.96 Å². The molecule has 0 amide bonds. The summed E-state index contributed by atoms with van der Waals surface area (Å²) in [6.07, 6.45) is 3.25. The summed E-state index contributed by atoms with van der Waals surface area (Å²) in [4.78, 5) is 8.87. The van der Waals surface area contributed by atoms with Gasteiger partial charge in [-0.3, -0.25) is 4.99 Å². The van der Waals surface area contributed by atoms with E-state index in [4.69, 9.17) is 0 Å². The quantitative estimate of drug-likeness (QED) is 0.191. The lowest BCUT2D eigenvalue weighted by Crippen LogP contribution is -2.37. The maximum Gasteiger partial charge on any atom is 0.191 e. The van der Waals surface area contributed by atoms with E-state index in [2.05, 4.69) is 62.3 Å². The van der Waals surface area contributed by atoms with Gasteiger partial charge in [0, 0.05) is 36.9 Å². The third kappa shape index (κ3) is 6.80. The summed E-state index contributed by atoms with van der Waals surface area (Å²) < 4.78 is 2.00. The van der Waals surface area contributed by atoms with Crippen molar-refractivity contribution in [3.8, 4) is 5.69 Å². The third-order valence-corrected chi connectivity index (χ3v) is 5.70. The highest BCUT2D eigenvalue weighted by Gasteiger charge is 2.09.